The highest BCUT2D eigenvalue weighted by Crippen LogP contribution is 2.42. The van der Waals surface area contributed by atoms with Crippen molar-refractivity contribution in [2.24, 2.45) is 0 Å². The number of amides is 1. The molecule has 0 saturated carbocycles. The average Bonchev–Trinajstić information content (AvgIpc) is 2.72. The lowest BCUT2D eigenvalue weighted by Gasteiger charge is -2.31. The van der Waals surface area contributed by atoms with Gasteiger partial charge in [0.15, 0.2) is 0 Å². The maximum absolute atomic E-state index is 13.4. The largest absolute Gasteiger partial charge is 0.465 e. The highest BCUT2D eigenvalue weighted by molar-refractivity contribution is 5.67. The number of alkyl halides is 2. The van der Waals surface area contributed by atoms with E-state index in [1.54, 1.807) is 6.07 Å². The molecule has 1 aliphatic rings. The Labute approximate surface area is 108 Å². The van der Waals surface area contributed by atoms with E-state index in [-0.39, 0.29) is 12.8 Å². The summed E-state index contributed by atoms with van der Waals surface area (Å²) in [5, 5.41) is 9.15. The Balaban J connectivity index is 2.34. The fraction of sp³-hybridized carbons (Fsp3) is 0.462. The molecule has 0 aliphatic carbocycles. The molecule has 0 radical (unpaired) electrons. The highest BCUT2D eigenvalue weighted by Gasteiger charge is 2.48. The minimum Gasteiger partial charge on any atom is -0.465 e. The van der Waals surface area contributed by atoms with Gasteiger partial charge in [-0.15, -0.1) is 0 Å². The predicted molar refractivity (Wildman–Crippen MR) is 62.6 cm³/mol. The summed E-state index contributed by atoms with van der Waals surface area (Å²) in [7, 11) is 0. The van der Waals surface area contributed by atoms with Gasteiger partial charge >= 0.3 is 6.09 Å². The molecule has 0 aromatic heterocycles. The second kappa shape index (κ2) is 4.75. The quantitative estimate of drug-likeness (QED) is 0.893. The summed E-state index contributed by atoms with van der Waals surface area (Å²) in [5.74, 6) is -3.62. The Morgan fingerprint density at radius 3 is 2.63 bits per heavy atom. The maximum Gasteiger partial charge on any atom is 0.408 e. The lowest BCUT2D eigenvalue weighted by Crippen LogP contribution is -2.45. The molecule has 1 saturated heterocycles. The zero-order valence-electron chi connectivity index (χ0n) is 10.3. The molecule has 3 nitrogen and oxygen atoms in total. The molecule has 0 spiro atoms. The third-order valence-corrected chi connectivity index (χ3v) is 3.42. The zero-order valence-corrected chi connectivity index (χ0v) is 10.3. The molecular weight excluding hydrogens is 259 g/mol. The van der Waals surface area contributed by atoms with E-state index < -0.39 is 29.9 Å². The van der Waals surface area contributed by atoms with Crippen molar-refractivity contribution in [1.29, 1.82) is 0 Å². The molecule has 1 fully saturated rings. The lowest BCUT2D eigenvalue weighted by atomic mass is 10.0. The van der Waals surface area contributed by atoms with Crippen LogP contribution in [0.25, 0.3) is 0 Å². The highest BCUT2D eigenvalue weighted by atomic mass is 19.3. The van der Waals surface area contributed by atoms with Gasteiger partial charge in [-0.2, -0.15) is 0 Å². The van der Waals surface area contributed by atoms with Crippen molar-refractivity contribution in [1.82, 2.24) is 4.90 Å². The van der Waals surface area contributed by atoms with Crippen LogP contribution >= 0.6 is 0 Å². The van der Waals surface area contributed by atoms with Crippen LogP contribution in [0.4, 0.5) is 18.0 Å². The first-order valence-corrected chi connectivity index (χ1v) is 5.95. The molecule has 104 valence electrons. The van der Waals surface area contributed by atoms with Gasteiger partial charge < -0.3 is 5.11 Å². The van der Waals surface area contributed by atoms with Gasteiger partial charge in [0.2, 0.25) is 0 Å². The van der Waals surface area contributed by atoms with E-state index in [9.17, 15) is 18.0 Å². The summed E-state index contributed by atoms with van der Waals surface area (Å²) < 4.78 is 40.0. The molecule has 1 amide bonds. The number of rotatable bonds is 2. The predicted octanol–water partition coefficient (Wildman–Crippen LogP) is 3.66. The molecule has 2 atom stereocenters. The molecule has 1 heterocycles. The zero-order chi connectivity index (χ0) is 14.2. The summed E-state index contributed by atoms with van der Waals surface area (Å²) in [5.41, 5.74) is 0.411. The van der Waals surface area contributed by atoms with Gasteiger partial charge in [-0.1, -0.05) is 12.1 Å². The topological polar surface area (TPSA) is 40.5 Å². The van der Waals surface area contributed by atoms with Crippen LogP contribution in [0, 0.1) is 5.82 Å². The Bertz CT molecular complexity index is 487. The van der Waals surface area contributed by atoms with Gasteiger partial charge in [-0.05, 0) is 30.5 Å². The summed E-state index contributed by atoms with van der Waals surface area (Å²) in [6, 6.07) is 3.34. The van der Waals surface area contributed by atoms with Gasteiger partial charge in [0.25, 0.3) is 5.92 Å². The molecule has 0 unspecified atom stereocenters. The van der Waals surface area contributed by atoms with E-state index >= 15 is 0 Å². The summed E-state index contributed by atoms with van der Waals surface area (Å²) >= 11 is 0. The fourth-order valence-corrected chi connectivity index (χ4v) is 2.62. The fourth-order valence-electron chi connectivity index (χ4n) is 2.62. The Morgan fingerprint density at radius 2 is 2.11 bits per heavy atom. The van der Waals surface area contributed by atoms with Crippen molar-refractivity contribution in [3.63, 3.8) is 0 Å². The molecule has 6 heteroatoms. The average molecular weight is 273 g/mol. The summed E-state index contributed by atoms with van der Waals surface area (Å²) in [6.07, 6.45) is -1.07. The number of hydrogen-bond acceptors (Lipinski definition) is 1. The van der Waals surface area contributed by atoms with Gasteiger partial charge in [0.1, 0.15) is 5.82 Å². The van der Waals surface area contributed by atoms with E-state index in [4.69, 9.17) is 5.11 Å². The minimum atomic E-state index is -3.11. The number of carboxylic acid groups (broad SMARTS) is 1. The van der Waals surface area contributed by atoms with Gasteiger partial charge in [0, 0.05) is 6.92 Å². The Kier molecular flexibility index (Phi) is 3.43. The second-order valence-corrected chi connectivity index (χ2v) is 4.81. The van der Waals surface area contributed by atoms with Crippen LogP contribution < -0.4 is 0 Å². The van der Waals surface area contributed by atoms with Gasteiger partial charge in [0.05, 0.1) is 12.1 Å². The van der Waals surface area contributed by atoms with Crippen molar-refractivity contribution < 1.29 is 23.1 Å². The van der Waals surface area contributed by atoms with Crippen molar-refractivity contribution in [2.75, 3.05) is 0 Å². The third-order valence-electron chi connectivity index (χ3n) is 3.42. The van der Waals surface area contributed by atoms with Crippen LogP contribution in [0.3, 0.4) is 0 Å². The van der Waals surface area contributed by atoms with Crippen LogP contribution in [0.1, 0.15) is 31.4 Å². The van der Waals surface area contributed by atoms with Gasteiger partial charge in [-0.3, -0.25) is 4.90 Å². The molecule has 1 aliphatic heterocycles. The molecule has 1 aromatic rings. The van der Waals surface area contributed by atoms with Crippen molar-refractivity contribution >= 4 is 6.09 Å². The lowest BCUT2D eigenvalue weighted by molar-refractivity contribution is -0.0527. The molecular formula is C13H14F3NO2. The normalized spacial score (nSPS) is 23.7. The molecule has 2 rings (SSSR count). The molecule has 0 bridgehead atoms. The molecule has 1 aromatic carbocycles. The van der Waals surface area contributed by atoms with E-state index in [2.05, 4.69) is 0 Å². The van der Waals surface area contributed by atoms with Crippen LogP contribution in [-0.4, -0.2) is 28.1 Å². The SMILES string of the molecule is CC(F)(F)[C@H]1CC[C@@H](c2cccc(F)c2)N1C(=O)O. The number of carbonyl (C=O) groups is 1. The van der Waals surface area contributed by atoms with Crippen molar-refractivity contribution in [2.45, 2.75) is 37.8 Å². The number of benzene rings is 1. The number of likely N-dealkylation sites (tertiary alicyclic amines) is 1. The number of nitrogens with zero attached hydrogens (tertiary/aromatic N) is 1. The summed E-state index contributed by atoms with van der Waals surface area (Å²) in [6.45, 7) is 0.710. The monoisotopic (exact) mass is 273 g/mol. The number of hydrogen-bond donors (Lipinski definition) is 1. The number of halogens is 3. The van der Waals surface area contributed by atoms with Crippen LogP contribution in [0.15, 0.2) is 24.3 Å². The first-order chi connectivity index (χ1) is 8.80. The van der Waals surface area contributed by atoms with Crippen molar-refractivity contribution in [3.8, 4) is 0 Å². The smallest absolute Gasteiger partial charge is 0.408 e. The van der Waals surface area contributed by atoms with Crippen molar-refractivity contribution in [3.05, 3.63) is 35.6 Å². The standard InChI is InChI=1S/C13H14F3NO2/c1-13(15,16)11-6-5-10(17(11)12(18)19)8-3-2-4-9(14)7-8/h2-4,7,10-11H,5-6H2,1H3,(H,18,19)/t10-,11+/m0/s1. The first kappa shape index (κ1) is 13.7. The molecule has 1 N–H and O–H groups in total. The van der Waals surface area contributed by atoms with E-state index in [1.807, 2.05) is 0 Å². The first-order valence-electron chi connectivity index (χ1n) is 5.95. The maximum atomic E-state index is 13.4. The summed E-state index contributed by atoms with van der Waals surface area (Å²) in [4.78, 5) is 12.0. The Hall–Kier alpha value is -1.72. The van der Waals surface area contributed by atoms with Crippen LogP contribution in [0.5, 0.6) is 0 Å². The Morgan fingerprint density at radius 1 is 1.42 bits per heavy atom. The van der Waals surface area contributed by atoms with E-state index in [0.29, 0.717) is 12.5 Å². The second-order valence-electron chi connectivity index (χ2n) is 4.81. The van der Waals surface area contributed by atoms with E-state index in [1.165, 1.54) is 18.2 Å². The van der Waals surface area contributed by atoms with E-state index in [0.717, 1.165) is 4.90 Å². The molecule has 19 heavy (non-hydrogen) atoms. The van der Waals surface area contributed by atoms with Crippen LogP contribution in [0.2, 0.25) is 0 Å². The van der Waals surface area contributed by atoms with Gasteiger partial charge in [-0.25, -0.2) is 18.0 Å². The third kappa shape index (κ3) is 2.67. The minimum absolute atomic E-state index is 0.0664. The van der Waals surface area contributed by atoms with Crippen LogP contribution in [-0.2, 0) is 0 Å².